The van der Waals surface area contributed by atoms with Gasteiger partial charge < -0.3 is 10.5 Å². The number of hydrogen-bond donors (Lipinski definition) is 3. The molecule has 11 heteroatoms. The van der Waals surface area contributed by atoms with E-state index in [0.717, 1.165) is 29.7 Å². The summed E-state index contributed by atoms with van der Waals surface area (Å²) in [4.78, 5) is 13.0. The number of nitrogens with two attached hydrogens (primary N) is 1. The molecule has 2 aromatic carbocycles. The molecule has 222 valence electrons. The Hall–Kier alpha value is -2.63. The fraction of sp³-hybridized carbons (Fsp3) is 0.500. The number of carbonyl (C=O) groups is 1. The van der Waals surface area contributed by atoms with Crippen molar-refractivity contribution in [1.29, 1.82) is 0 Å². The smallest absolute Gasteiger partial charge is 0.223 e. The Labute approximate surface area is 248 Å². The number of aromatic nitrogens is 3. The zero-order valence-electron chi connectivity index (χ0n) is 23.9. The Morgan fingerprint density at radius 3 is 2.68 bits per heavy atom. The first-order valence-corrected chi connectivity index (χ1v) is 16.2. The molecule has 0 bridgehead atoms. The molecule has 1 saturated carbocycles. The zero-order valence-corrected chi connectivity index (χ0v) is 25.4. The maximum Gasteiger partial charge on any atom is 0.223 e. The Balaban J connectivity index is 1.43. The van der Waals surface area contributed by atoms with E-state index in [9.17, 15) is 13.9 Å². The van der Waals surface area contributed by atoms with Gasteiger partial charge in [0.15, 0.2) is 0 Å². The first-order chi connectivity index (χ1) is 19.5. The molecular weight excluding hydrogens is 562 g/mol. The topological polar surface area (TPSA) is 127 Å². The maximum absolute atomic E-state index is 12.6. The number of carbonyl (C=O) groups excluding carboxylic acids is 1. The second-order valence-electron chi connectivity index (χ2n) is 11.7. The van der Waals surface area contributed by atoms with Crippen LogP contribution in [0.3, 0.4) is 0 Å². The zero-order chi connectivity index (χ0) is 29.4. The number of hydrogen-bond acceptors (Lipinski definition) is 7. The number of aryl methyl sites for hydroxylation is 1. The van der Waals surface area contributed by atoms with E-state index in [2.05, 4.69) is 10.3 Å². The summed E-state index contributed by atoms with van der Waals surface area (Å²) in [6.07, 6.45) is 7.26. The van der Waals surface area contributed by atoms with E-state index in [1.165, 1.54) is 6.42 Å². The van der Waals surface area contributed by atoms with E-state index < -0.39 is 22.1 Å². The monoisotopic (exact) mass is 601 g/mol. The molecule has 2 aliphatic rings. The van der Waals surface area contributed by atoms with Gasteiger partial charge in [-0.2, -0.15) is 4.31 Å². The predicted octanol–water partition coefficient (Wildman–Crippen LogP) is 6.58. The summed E-state index contributed by atoms with van der Waals surface area (Å²) in [5.41, 5.74) is 7.60. The lowest BCUT2D eigenvalue weighted by Crippen LogP contribution is -2.37. The summed E-state index contributed by atoms with van der Waals surface area (Å²) in [6, 6.07) is 13.2. The van der Waals surface area contributed by atoms with Gasteiger partial charge in [-0.15, -0.1) is 15.9 Å². The standard InChI is InChI=1S/C30H40ClN5O4S/c1-4-24-19-35(41(38,39)28-11-6-5-10-27(28)40-24)17-21-16-20(12-15-26(21)31)25(30(2,3)29(32)37)14-13-22-18-36(34-33-22)23-8-7-9-23/h5-6,10-12,15-16,18,23-25,38-39H,4,7-9,13-14,17,19H2,1-3H3,(H2,32,37). The van der Waals surface area contributed by atoms with Crippen LogP contribution in [0.5, 0.6) is 5.75 Å². The lowest BCUT2D eigenvalue weighted by molar-refractivity contribution is -0.127. The second-order valence-corrected chi connectivity index (χ2v) is 14.1. The minimum absolute atomic E-state index is 0.197. The van der Waals surface area contributed by atoms with Crippen molar-refractivity contribution >= 4 is 28.3 Å². The van der Waals surface area contributed by atoms with Crippen LogP contribution in [-0.2, 0) is 17.8 Å². The second kappa shape index (κ2) is 11.9. The average Bonchev–Trinajstić information content (AvgIpc) is 3.32. The molecule has 0 saturated heterocycles. The number of amides is 1. The van der Waals surface area contributed by atoms with Crippen molar-refractivity contribution in [3.05, 3.63) is 70.5 Å². The van der Waals surface area contributed by atoms with Crippen molar-refractivity contribution in [3.63, 3.8) is 0 Å². The molecule has 0 spiro atoms. The van der Waals surface area contributed by atoms with Gasteiger partial charge in [0.1, 0.15) is 16.7 Å². The van der Waals surface area contributed by atoms with Crippen molar-refractivity contribution in [1.82, 2.24) is 19.3 Å². The molecule has 9 nitrogen and oxygen atoms in total. The van der Waals surface area contributed by atoms with Gasteiger partial charge in [-0.3, -0.25) is 13.9 Å². The van der Waals surface area contributed by atoms with E-state index in [-0.39, 0.29) is 18.6 Å². The van der Waals surface area contributed by atoms with Crippen LogP contribution in [0, 0.1) is 5.41 Å². The number of para-hydroxylation sites is 1. The molecule has 1 aromatic heterocycles. The third-order valence-electron chi connectivity index (χ3n) is 8.68. The van der Waals surface area contributed by atoms with E-state index in [1.807, 2.05) is 55.9 Å². The van der Waals surface area contributed by atoms with Gasteiger partial charge in [0.25, 0.3) is 0 Å². The third-order valence-corrected chi connectivity index (χ3v) is 11.0. The summed E-state index contributed by atoms with van der Waals surface area (Å²) >= 11 is 6.70. The van der Waals surface area contributed by atoms with Crippen LogP contribution in [0.1, 0.15) is 81.7 Å². The van der Waals surface area contributed by atoms with Crippen LogP contribution in [0.25, 0.3) is 0 Å². The van der Waals surface area contributed by atoms with E-state index in [1.54, 1.807) is 22.5 Å². The molecule has 2 heterocycles. The molecule has 1 amide bonds. The molecule has 2 atom stereocenters. The molecule has 0 radical (unpaired) electrons. The molecule has 1 aliphatic carbocycles. The third kappa shape index (κ3) is 6.12. The highest BCUT2D eigenvalue weighted by Gasteiger charge is 2.38. The number of benzene rings is 2. The van der Waals surface area contributed by atoms with Crippen LogP contribution in [0.2, 0.25) is 5.02 Å². The molecule has 1 aliphatic heterocycles. The summed E-state index contributed by atoms with van der Waals surface area (Å²) in [7, 11) is -3.34. The Kier molecular flexibility index (Phi) is 8.69. The number of primary amides is 1. The van der Waals surface area contributed by atoms with Crippen LogP contribution in [-0.4, -0.2) is 47.0 Å². The molecular formula is C30H40ClN5O4S. The van der Waals surface area contributed by atoms with Gasteiger partial charge in [-0.25, -0.2) is 4.68 Å². The largest absolute Gasteiger partial charge is 0.487 e. The number of ether oxygens (including phenoxy) is 1. The van der Waals surface area contributed by atoms with Gasteiger partial charge in [-0.1, -0.05) is 61.9 Å². The molecule has 41 heavy (non-hydrogen) atoms. The molecule has 5 rings (SSSR count). The fourth-order valence-corrected chi connectivity index (χ4v) is 7.41. The lowest BCUT2D eigenvalue weighted by atomic mass is 9.71. The highest BCUT2D eigenvalue weighted by atomic mass is 35.5. The quantitative estimate of drug-likeness (QED) is 0.239. The summed E-state index contributed by atoms with van der Waals surface area (Å²) in [6.45, 7) is 6.26. The highest BCUT2D eigenvalue weighted by Crippen LogP contribution is 2.57. The van der Waals surface area contributed by atoms with Gasteiger partial charge in [-0.05, 0) is 73.8 Å². The van der Waals surface area contributed by atoms with Crippen molar-refractivity contribution in [3.8, 4) is 5.75 Å². The summed E-state index contributed by atoms with van der Waals surface area (Å²) in [5.74, 6) is -0.126. The normalized spacial score (nSPS) is 20.8. The van der Waals surface area contributed by atoms with Gasteiger partial charge in [0.05, 0.1) is 23.7 Å². The number of fused-ring (bicyclic) bond motifs is 1. The van der Waals surface area contributed by atoms with E-state index >= 15 is 0 Å². The van der Waals surface area contributed by atoms with Crippen molar-refractivity contribution in [2.45, 2.75) is 88.8 Å². The van der Waals surface area contributed by atoms with E-state index in [0.29, 0.717) is 47.5 Å². The van der Waals surface area contributed by atoms with Gasteiger partial charge >= 0.3 is 0 Å². The molecule has 1 fully saturated rings. The van der Waals surface area contributed by atoms with Crippen LogP contribution < -0.4 is 10.5 Å². The first kappa shape index (κ1) is 29.8. The Bertz CT molecular complexity index is 1390. The average molecular weight is 602 g/mol. The van der Waals surface area contributed by atoms with Crippen molar-refractivity contribution < 1.29 is 18.6 Å². The Morgan fingerprint density at radius 2 is 2.00 bits per heavy atom. The van der Waals surface area contributed by atoms with Crippen LogP contribution >= 0.6 is 22.4 Å². The van der Waals surface area contributed by atoms with Crippen LogP contribution in [0.4, 0.5) is 0 Å². The Morgan fingerprint density at radius 1 is 1.24 bits per heavy atom. The number of halogens is 1. The first-order valence-electron chi connectivity index (χ1n) is 14.3. The maximum atomic E-state index is 12.6. The SMILES string of the molecule is CCC1CN(Cc2cc(C(CCc3cn(C4CCC4)nn3)C(C)(C)C(N)=O)ccc2Cl)S(O)(O)c2ccccc2O1. The number of rotatable bonds is 10. The molecule has 3 aromatic rings. The minimum Gasteiger partial charge on any atom is -0.487 e. The molecule has 4 N–H and O–H groups in total. The summed E-state index contributed by atoms with van der Waals surface area (Å²) < 4.78 is 32.7. The predicted molar refractivity (Wildman–Crippen MR) is 161 cm³/mol. The lowest BCUT2D eigenvalue weighted by Gasteiger charge is -2.42. The van der Waals surface area contributed by atoms with Crippen LogP contribution in [0.15, 0.2) is 53.6 Å². The number of nitrogens with zero attached hydrogens (tertiary/aromatic N) is 4. The summed E-state index contributed by atoms with van der Waals surface area (Å²) in [5, 5.41) is 9.22. The fourth-order valence-electron chi connectivity index (χ4n) is 5.62. The minimum atomic E-state index is -3.34. The molecule has 2 unspecified atom stereocenters. The van der Waals surface area contributed by atoms with E-state index in [4.69, 9.17) is 22.1 Å². The highest BCUT2D eigenvalue weighted by molar-refractivity contribution is 8.22. The van der Waals surface area contributed by atoms with Gasteiger partial charge in [0, 0.05) is 17.8 Å². The van der Waals surface area contributed by atoms with Crippen molar-refractivity contribution in [2.24, 2.45) is 11.1 Å². The van der Waals surface area contributed by atoms with Gasteiger partial charge in [0.2, 0.25) is 5.91 Å². The van der Waals surface area contributed by atoms with Crippen molar-refractivity contribution in [2.75, 3.05) is 6.54 Å².